The van der Waals surface area contributed by atoms with E-state index in [1.165, 1.54) is 7.11 Å². The molecular weight excluding hydrogens is 184 g/mol. The fourth-order valence-corrected chi connectivity index (χ4v) is 1.32. The summed E-state index contributed by atoms with van der Waals surface area (Å²) in [6.45, 7) is 5.49. The molecule has 0 radical (unpaired) electrons. The minimum atomic E-state index is -1.01. The summed E-state index contributed by atoms with van der Waals surface area (Å²) in [6.07, 6.45) is 0. The molecule has 0 amide bonds. The number of carboxylic acids is 1. The number of methoxy groups -OCH3 is 1. The number of aromatic carboxylic acids is 1. The topological polar surface area (TPSA) is 64.3 Å². The monoisotopic (exact) mass is 198 g/mol. The van der Waals surface area contributed by atoms with Gasteiger partial charge in [-0.25, -0.2) is 9.48 Å². The molecule has 0 fully saturated rings. The van der Waals surface area contributed by atoms with Crippen LogP contribution >= 0.6 is 0 Å². The van der Waals surface area contributed by atoms with E-state index in [2.05, 4.69) is 5.10 Å². The van der Waals surface area contributed by atoms with Crippen LogP contribution in [0.3, 0.4) is 0 Å². The van der Waals surface area contributed by atoms with Crippen molar-refractivity contribution in [1.29, 1.82) is 0 Å². The Morgan fingerprint density at radius 3 is 2.50 bits per heavy atom. The molecule has 14 heavy (non-hydrogen) atoms. The maximum Gasteiger partial charge on any atom is 0.343 e. The molecule has 1 rings (SSSR count). The van der Waals surface area contributed by atoms with E-state index < -0.39 is 5.97 Å². The van der Waals surface area contributed by atoms with E-state index in [1.807, 2.05) is 13.8 Å². The van der Waals surface area contributed by atoms with Crippen LogP contribution in [-0.4, -0.2) is 28.0 Å². The molecule has 0 aromatic carbocycles. The lowest BCUT2D eigenvalue weighted by Crippen LogP contribution is -2.06. The molecule has 78 valence electrons. The number of hydrogen-bond donors (Lipinski definition) is 1. The Morgan fingerprint density at radius 2 is 2.14 bits per heavy atom. The number of carboxylic acid groups (broad SMARTS) is 1. The maximum absolute atomic E-state index is 10.9. The second-order valence-corrected chi connectivity index (χ2v) is 3.31. The van der Waals surface area contributed by atoms with Crippen LogP contribution in [0.15, 0.2) is 0 Å². The first-order valence-electron chi connectivity index (χ1n) is 4.35. The molecule has 0 aliphatic rings. The second-order valence-electron chi connectivity index (χ2n) is 3.31. The van der Waals surface area contributed by atoms with Gasteiger partial charge in [0.15, 0.2) is 0 Å². The summed E-state index contributed by atoms with van der Waals surface area (Å²) in [5.41, 5.74) is 0.615. The quantitative estimate of drug-likeness (QED) is 0.798. The van der Waals surface area contributed by atoms with E-state index in [-0.39, 0.29) is 11.6 Å². The molecule has 1 aromatic heterocycles. The smallest absolute Gasteiger partial charge is 0.343 e. The predicted octanol–water partition coefficient (Wildman–Crippen LogP) is 1.48. The van der Waals surface area contributed by atoms with Crippen LogP contribution < -0.4 is 4.74 Å². The van der Waals surface area contributed by atoms with E-state index in [9.17, 15) is 4.79 Å². The first-order chi connectivity index (χ1) is 6.49. The normalized spacial score (nSPS) is 10.6. The molecule has 0 aliphatic heterocycles. The number of hydrogen-bond acceptors (Lipinski definition) is 3. The molecule has 1 heterocycles. The Balaban J connectivity index is 3.35. The Morgan fingerprint density at radius 1 is 1.57 bits per heavy atom. The lowest BCUT2D eigenvalue weighted by molar-refractivity contribution is 0.0692. The molecule has 1 aromatic rings. The Hall–Kier alpha value is -1.52. The molecule has 0 bridgehead atoms. The van der Waals surface area contributed by atoms with Gasteiger partial charge in [0.2, 0.25) is 5.88 Å². The highest BCUT2D eigenvalue weighted by molar-refractivity contribution is 5.91. The minimum Gasteiger partial charge on any atom is -0.481 e. The molecule has 0 saturated heterocycles. The first kappa shape index (κ1) is 10.6. The highest BCUT2D eigenvalue weighted by Gasteiger charge is 2.22. The summed E-state index contributed by atoms with van der Waals surface area (Å²) >= 11 is 0. The van der Waals surface area contributed by atoms with Crippen LogP contribution in [0.4, 0.5) is 0 Å². The van der Waals surface area contributed by atoms with Crippen molar-refractivity contribution in [1.82, 2.24) is 9.78 Å². The number of aryl methyl sites for hydroxylation is 1. The molecule has 0 spiro atoms. The number of aromatic nitrogens is 2. The van der Waals surface area contributed by atoms with Gasteiger partial charge in [0, 0.05) is 0 Å². The molecule has 0 atom stereocenters. The van der Waals surface area contributed by atoms with Crippen LogP contribution in [0.25, 0.3) is 0 Å². The Bertz CT molecular complexity index is 355. The van der Waals surface area contributed by atoms with Crippen molar-refractivity contribution in [2.24, 2.45) is 0 Å². The van der Waals surface area contributed by atoms with Gasteiger partial charge in [-0.15, -0.1) is 0 Å². The molecule has 0 unspecified atom stereocenters. The van der Waals surface area contributed by atoms with Crippen LogP contribution in [0.2, 0.25) is 0 Å². The number of carbonyl (C=O) groups is 1. The molecule has 0 saturated carbocycles. The lowest BCUT2D eigenvalue weighted by Gasteiger charge is -2.09. The molecule has 5 heteroatoms. The highest BCUT2D eigenvalue weighted by Crippen LogP contribution is 2.24. The van der Waals surface area contributed by atoms with Crippen molar-refractivity contribution in [2.45, 2.75) is 26.8 Å². The lowest BCUT2D eigenvalue weighted by atomic mass is 10.2. The second kappa shape index (κ2) is 3.69. The van der Waals surface area contributed by atoms with E-state index in [4.69, 9.17) is 9.84 Å². The third-order valence-electron chi connectivity index (χ3n) is 1.94. The first-order valence-corrected chi connectivity index (χ1v) is 4.35. The van der Waals surface area contributed by atoms with Gasteiger partial charge in [0.05, 0.1) is 18.8 Å². The summed E-state index contributed by atoms with van der Waals surface area (Å²) < 4.78 is 6.61. The zero-order valence-electron chi connectivity index (χ0n) is 8.74. The Labute approximate surface area is 82.3 Å². The van der Waals surface area contributed by atoms with Crippen LogP contribution in [0, 0.1) is 6.92 Å². The van der Waals surface area contributed by atoms with E-state index >= 15 is 0 Å². The zero-order valence-corrected chi connectivity index (χ0v) is 8.74. The van der Waals surface area contributed by atoms with Gasteiger partial charge in [0.25, 0.3) is 0 Å². The average molecular weight is 198 g/mol. The molecular formula is C9H14N2O3. The number of ether oxygens (including phenoxy) is 1. The average Bonchev–Trinajstić information content (AvgIpc) is 2.41. The number of rotatable bonds is 3. The van der Waals surface area contributed by atoms with E-state index in [0.29, 0.717) is 11.6 Å². The molecule has 0 aliphatic carbocycles. The zero-order chi connectivity index (χ0) is 10.9. The summed E-state index contributed by atoms with van der Waals surface area (Å²) in [4.78, 5) is 10.9. The number of nitrogens with zero attached hydrogens (tertiary/aromatic N) is 2. The van der Waals surface area contributed by atoms with Crippen molar-refractivity contribution in [3.63, 3.8) is 0 Å². The summed E-state index contributed by atoms with van der Waals surface area (Å²) in [5, 5.41) is 13.1. The molecule has 5 nitrogen and oxygen atoms in total. The predicted molar refractivity (Wildman–Crippen MR) is 50.9 cm³/mol. The van der Waals surface area contributed by atoms with Gasteiger partial charge in [-0.1, -0.05) is 0 Å². The van der Waals surface area contributed by atoms with Crippen molar-refractivity contribution < 1.29 is 14.6 Å². The minimum absolute atomic E-state index is 0.0803. The fourth-order valence-electron chi connectivity index (χ4n) is 1.32. The highest BCUT2D eigenvalue weighted by atomic mass is 16.5. The Kier molecular flexibility index (Phi) is 2.78. The van der Waals surface area contributed by atoms with Gasteiger partial charge in [-0.05, 0) is 20.8 Å². The van der Waals surface area contributed by atoms with Gasteiger partial charge >= 0.3 is 5.97 Å². The van der Waals surface area contributed by atoms with Crippen LogP contribution in [0.1, 0.15) is 35.9 Å². The van der Waals surface area contributed by atoms with E-state index in [1.54, 1.807) is 11.6 Å². The third kappa shape index (κ3) is 1.57. The van der Waals surface area contributed by atoms with Gasteiger partial charge in [-0.3, -0.25) is 0 Å². The van der Waals surface area contributed by atoms with Gasteiger partial charge in [0.1, 0.15) is 5.56 Å². The van der Waals surface area contributed by atoms with Gasteiger partial charge in [-0.2, -0.15) is 5.10 Å². The standard InChI is InChI=1S/C9H14N2O3/c1-5(2)11-8(14-4)7(9(12)13)6(3)10-11/h5H,1-4H3,(H,12,13). The van der Waals surface area contributed by atoms with Crippen molar-refractivity contribution in [3.8, 4) is 5.88 Å². The molecule has 1 N–H and O–H groups in total. The van der Waals surface area contributed by atoms with Crippen molar-refractivity contribution in [3.05, 3.63) is 11.3 Å². The maximum atomic E-state index is 10.9. The SMILES string of the molecule is COc1c(C(=O)O)c(C)nn1C(C)C. The van der Waals surface area contributed by atoms with Crippen molar-refractivity contribution >= 4 is 5.97 Å². The summed E-state index contributed by atoms with van der Waals surface area (Å²) in [7, 11) is 1.45. The van der Waals surface area contributed by atoms with Crippen LogP contribution in [-0.2, 0) is 0 Å². The summed E-state index contributed by atoms with van der Waals surface area (Å²) in [6, 6.07) is 0.0803. The van der Waals surface area contributed by atoms with Crippen molar-refractivity contribution in [2.75, 3.05) is 7.11 Å². The largest absolute Gasteiger partial charge is 0.481 e. The summed E-state index contributed by atoms with van der Waals surface area (Å²) in [5.74, 6) is -0.698. The third-order valence-corrected chi connectivity index (χ3v) is 1.94. The van der Waals surface area contributed by atoms with E-state index in [0.717, 1.165) is 0 Å². The van der Waals surface area contributed by atoms with Crippen LogP contribution in [0.5, 0.6) is 5.88 Å². The van der Waals surface area contributed by atoms with Gasteiger partial charge < -0.3 is 9.84 Å². The fraction of sp³-hybridized carbons (Fsp3) is 0.556.